The number of hydrogen-bond acceptors (Lipinski definition) is 2. The number of imidazole rings is 1. The fourth-order valence-electron chi connectivity index (χ4n) is 1.62. The number of hydrogen-bond donors (Lipinski definition) is 2. The van der Waals surface area contributed by atoms with Gasteiger partial charge in [-0.05, 0) is 12.3 Å². The van der Waals surface area contributed by atoms with Crippen molar-refractivity contribution in [3.8, 4) is 0 Å². The lowest BCUT2D eigenvalue weighted by atomic mass is 10.5. The van der Waals surface area contributed by atoms with Crippen LogP contribution < -0.4 is 10.6 Å². The van der Waals surface area contributed by atoms with Crippen LogP contribution in [0, 0.1) is 5.92 Å². The van der Waals surface area contributed by atoms with Crippen LogP contribution in [0.15, 0.2) is 23.7 Å². The van der Waals surface area contributed by atoms with Crippen LogP contribution in [-0.2, 0) is 6.54 Å². The van der Waals surface area contributed by atoms with E-state index in [0.29, 0.717) is 6.04 Å². The standard InChI is InChI=1S/C11H19N5.HI/c1-9-7-10(9)15-11(12-2)14-4-6-16-5-3-13-8-16;/h3,5,8-10H,4,6-7H2,1-2H3,(H2,12,14,15);1H. The van der Waals surface area contributed by atoms with Crippen molar-refractivity contribution in [1.29, 1.82) is 0 Å². The summed E-state index contributed by atoms with van der Waals surface area (Å²) in [7, 11) is 1.81. The second-order valence-corrected chi connectivity index (χ2v) is 4.26. The molecule has 96 valence electrons. The Kier molecular flexibility index (Phi) is 5.73. The summed E-state index contributed by atoms with van der Waals surface area (Å²) in [6.07, 6.45) is 6.82. The molecule has 0 bridgehead atoms. The van der Waals surface area contributed by atoms with Gasteiger partial charge in [-0.2, -0.15) is 0 Å². The summed E-state index contributed by atoms with van der Waals surface area (Å²) in [6, 6.07) is 0.611. The van der Waals surface area contributed by atoms with Crippen LogP contribution in [0.5, 0.6) is 0 Å². The van der Waals surface area contributed by atoms with Crippen molar-refractivity contribution in [1.82, 2.24) is 20.2 Å². The van der Waals surface area contributed by atoms with Crippen LogP contribution in [-0.4, -0.2) is 35.1 Å². The van der Waals surface area contributed by atoms with Gasteiger partial charge in [0.25, 0.3) is 0 Å². The summed E-state index contributed by atoms with van der Waals surface area (Å²) >= 11 is 0. The van der Waals surface area contributed by atoms with Gasteiger partial charge in [0, 0.05) is 38.6 Å². The molecule has 2 atom stereocenters. The number of halogens is 1. The molecule has 0 radical (unpaired) electrons. The molecule has 5 nitrogen and oxygen atoms in total. The molecule has 1 aromatic heterocycles. The molecule has 1 aliphatic carbocycles. The highest BCUT2D eigenvalue weighted by Crippen LogP contribution is 2.28. The monoisotopic (exact) mass is 349 g/mol. The number of rotatable bonds is 4. The third kappa shape index (κ3) is 4.53. The molecular formula is C11H20IN5. The van der Waals surface area contributed by atoms with Gasteiger partial charge in [0.2, 0.25) is 0 Å². The Morgan fingerprint density at radius 1 is 1.59 bits per heavy atom. The molecule has 2 unspecified atom stereocenters. The summed E-state index contributed by atoms with van der Waals surface area (Å²) < 4.78 is 2.04. The van der Waals surface area contributed by atoms with Crippen molar-refractivity contribution < 1.29 is 0 Å². The molecule has 0 amide bonds. The van der Waals surface area contributed by atoms with Gasteiger partial charge in [0.15, 0.2) is 5.96 Å². The summed E-state index contributed by atoms with van der Waals surface area (Å²) in [6.45, 7) is 4.01. The molecule has 1 fully saturated rings. The second-order valence-electron chi connectivity index (χ2n) is 4.26. The van der Waals surface area contributed by atoms with Crippen molar-refractivity contribution in [3.05, 3.63) is 18.7 Å². The van der Waals surface area contributed by atoms with Crippen LogP contribution in [0.2, 0.25) is 0 Å². The Labute approximate surface area is 119 Å². The molecule has 0 spiro atoms. The molecule has 0 aliphatic heterocycles. The van der Waals surface area contributed by atoms with Gasteiger partial charge in [0.05, 0.1) is 6.33 Å². The maximum Gasteiger partial charge on any atom is 0.191 e. The molecule has 1 aliphatic rings. The summed E-state index contributed by atoms with van der Waals surface area (Å²) in [4.78, 5) is 8.19. The molecule has 1 aromatic rings. The molecule has 1 saturated carbocycles. The van der Waals surface area contributed by atoms with E-state index in [1.807, 2.05) is 17.1 Å². The Hall–Kier alpha value is -0.790. The number of aromatic nitrogens is 2. The lowest BCUT2D eigenvalue weighted by Gasteiger charge is -2.11. The third-order valence-electron chi connectivity index (χ3n) is 2.88. The molecular weight excluding hydrogens is 329 g/mol. The molecule has 17 heavy (non-hydrogen) atoms. The quantitative estimate of drug-likeness (QED) is 0.486. The van der Waals surface area contributed by atoms with E-state index < -0.39 is 0 Å². The SMILES string of the molecule is CN=C(NCCn1ccnc1)NC1CC1C.I. The second kappa shape index (κ2) is 6.83. The van der Waals surface area contributed by atoms with Crippen LogP contribution in [0.3, 0.4) is 0 Å². The van der Waals surface area contributed by atoms with Crippen LogP contribution >= 0.6 is 24.0 Å². The summed E-state index contributed by atoms with van der Waals surface area (Å²) in [5.74, 6) is 1.68. The molecule has 1 heterocycles. The average Bonchev–Trinajstić information content (AvgIpc) is 2.79. The van der Waals surface area contributed by atoms with Gasteiger partial charge in [-0.25, -0.2) is 4.98 Å². The number of nitrogens with one attached hydrogen (secondary N) is 2. The largest absolute Gasteiger partial charge is 0.355 e. The first-order chi connectivity index (χ1) is 7.79. The van der Waals surface area contributed by atoms with Crippen LogP contribution in [0.1, 0.15) is 13.3 Å². The van der Waals surface area contributed by atoms with Gasteiger partial charge in [-0.3, -0.25) is 4.99 Å². The summed E-state index contributed by atoms with van der Waals surface area (Å²) in [5.41, 5.74) is 0. The van der Waals surface area contributed by atoms with E-state index >= 15 is 0 Å². The molecule has 6 heteroatoms. The number of guanidine groups is 1. The molecule has 0 aromatic carbocycles. The van der Waals surface area contributed by atoms with E-state index in [2.05, 4.69) is 27.5 Å². The Morgan fingerprint density at radius 3 is 2.88 bits per heavy atom. The Bertz CT molecular complexity index is 349. The topological polar surface area (TPSA) is 54.2 Å². The van der Waals surface area contributed by atoms with Gasteiger partial charge >= 0.3 is 0 Å². The van der Waals surface area contributed by atoms with E-state index in [9.17, 15) is 0 Å². The first kappa shape index (κ1) is 14.3. The fraction of sp³-hybridized carbons (Fsp3) is 0.636. The predicted octanol–water partition coefficient (Wildman–Crippen LogP) is 1.07. The van der Waals surface area contributed by atoms with E-state index in [0.717, 1.165) is 25.0 Å². The van der Waals surface area contributed by atoms with Gasteiger partial charge < -0.3 is 15.2 Å². The minimum absolute atomic E-state index is 0. The van der Waals surface area contributed by atoms with E-state index in [-0.39, 0.29) is 24.0 Å². The fourth-order valence-corrected chi connectivity index (χ4v) is 1.62. The van der Waals surface area contributed by atoms with Gasteiger partial charge in [0.1, 0.15) is 0 Å². The van der Waals surface area contributed by atoms with Crippen molar-refractivity contribution in [2.45, 2.75) is 25.9 Å². The maximum absolute atomic E-state index is 4.19. The third-order valence-corrected chi connectivity index (χ3v) is 2.88. The first-order valence-corrected chi connectivity index (χ1v) is 5.72. The van der Waals surface area contributed by atoms with E-state index in [1.54, 1.807) is 13.2 Å². The Balaban J connectivity index is 0.00000144. The Morgan fingerprint density at radius 2 is 2.35 bits per heavy atom. The zero-order valence-electron chi connectivity index (χ0n) is 10.3. The minimum Gasteiger partial charge on any atom is -0.355 e. The molecule has 0 saturated heterocycles. The number of nitrogens with zero attached hydrogens (tertiary/aromatic N) is 3. The van der Waals surface area contributed by atoms with Crippen LogP contribution in [0.25, 0.3) is 0 Å². The molecule has 2 N–H and O–H groups in total. The highest BCUT2D eigenvalue weighted by molar-refractivity contribution is 14.0. The lowest BCUT2D eigenvalue weighted by molar-refractivity contribution is 0.658. The van der Waals surface area contributed by atoms with Crippen molar-refractivity contribution in [3.63, 3.8) is 0 Å². The number of aliphatic imine (C=N–C) groups is 1. The summed E-state index contributed by atoms with van der Waals surface area (Å²) in [5, 5.41) is 6.67. The van der Waals surface area contributed by atoms with Crippen LogP contribution in [0.4, 0.5) is 0 Å². The van der Waals surface area contributed by atoms with Crippen molar-refractivity contribution in [2.75, 3.05) is 13.6 Å². The smallest absolute Gasteiger partial charge is 0.191 e. The van der Waals surface area contributed by atoms with Crippen molar-refractivity contribution in [2.24, 2.45) is 10.9 Å². The first-order valence-electron chi connectivity index (χ1n) is 5.72. The van der Waals surface area contributed by atoms with E-state index in [4.69, 9.17) is 0 Å². The zero-order valence-corrected chi connectivity index (χ0v) is 12.6. The predicted molar refractivity (Wildman–Crippen MR) is 79.7 cm³/mol. The normalized spacial score (nSPS) is 22.8. The highest BCUT2D eigenvalue weighted by atomic mass is 127. The highest BCUT2D eigenvalue weighted by Gasteiger charge is 2.32. The minimum atomic E-state index is 0. The van der Waals surface area contributed by atoms with Gasteiger partial charge in [-0.1, -0.05) is 6.92 Å². The maximum atomic E-state index is 4.19. The average molecular weight is 349 g/mol. The van der Waals surface area contributed by atoms with Gasteiger partial charge in [-0.15, -0.1) is 24.0 Å². The van der Waals surface area contributed by atoms with Crippen molar-refractivity contribution >= 4 is 29.9 Å². The zero-order chi connectivity index (χ0) is 11.4. The van der Waals surface area contributed by atoms with E-state index in [1.165, 1.54) is 6.42 Å². The lowest BCUT2D eigenvalue weighted by Crippen LogP contribution is -2.40. The molecule has 2 rings (SSSR count).